The van der Waals surface area contributed by atoms with Gasteiger partial charge in [0.05, 0.1) is 17.7 Å². The molecule has 0 saturated heterocycles. The Bertz CT molecular complexity index is 634. The van der Waals surface area contributed by atoms with Crippen molar-refractivity contribution in [3.8, 4) is 11.3 Å². The molecule has 2 aromatic rings. The number of carbonyl (C=O) groups is 1. The monoisotopic (exact) mass is 292 g/mol. The molecule has 0 radical (unpaired) electrons. The maximum absolute atomic E-state index is 11.9. The van der Waals surface area contributed by atoms with Gasteiger partial charge in [-0.2, -0.15) is 0 Å². The molecule has 0 aliphatic heterocycles. The highest BCUT2D eigenvalue weighted by Crippen LogP contribution is 2.26. The van der Waals surface area contributed by atoms with Gasteiger partial charge < -0.3 is 14.0 Å². The van der Waals surface area contributed by atoms with Crippen molar-refractivity contribution in [3.05, 3.63) is 46.1 Å². The van der Waals surface area contributed by atoms with E-state index in [1.165, 1.54) is 37.6 Å². The number of nitrogens with zero attached hydrogens (tertiary/aromatic N) is 2. The fourth-order valence-electron chi connectivity index (χ4n) is 1.62. The van der Waals surface area contributed by atoms with Gasteiger partial charge in [0, 0.05) is 24.8 Å². The van der Waals surface area contributed by atoms with Gasteiger partial charge in [-0.15, -0.1) is 0 Å². The van der Waals surface area contributed by atoms with Crippen LogP contribution in [0.15, 0.2) is 35.0 Å². The second-order valence-electron chi connectivity index (χ2n) is 4.00. The average Bonchev–Trinajstić information content (AvgIpc) is 2.97. The number of benzene rings is 1. The molecule has 8 nitrogen and oxygen atoms in total. The molecule has 110 valence electrons. The number of carbonyl (C=O) groups excluding carboxylic acids is 1. The first-order chi connectivity index (χ1) is 10.1. The number of aromatic nitrogens is 1. The van der Waals surface area contributed by atoms with Crippen LogP contribution in [0.4, 0.5) is 5.69 Å². The van der Waals surface area contributed by atoms with Gasteiger partial charge in [0.15, 0.2) is 5.76 Å². The van der Waals surface area contributed by atoms with Gasteiger partial charge in [-0.1, -0.05) is 5.16 Å². The van der Waals surface area contributed by atoms with E-state index in [1.807, 2.05) is 0 Å². The number of hydrogen-bond donors (Lipinski definition) is 0. The van der Waals surface area contributed by atoms with E-state index in [4.69, 9.17) is 14.0 Å². The molecule has 0 spiro atoms. The lowest BCUT2D eigenvalue weighted by molar-refractivity contribution is -0.384. The first-order valence-corrected chi connectivity index (χ1v) is 5.99. The van der Waals surface area contributed by atoms with Crippen molar-refractivity contribution in [3.63, 3.8) is 0 Å². The lowest BCUT2D eigenvalue weighted by Gasteiger charge is -2.03. The van der Waals surface area contributed by atoms with Crippen molar-refractivity contribution in [2.24, 2.45) is 0 Å². The van der Waals surface area contributed by atoms with Gasteiger partial charge in [0.25, 0.3) is 5.69 Å². The molecule has 1 heterocycles. The molecule has 0 aliphatic rings. The molecule has 8 heteroatoms. The lowest BCUT2D eigenvalue weighted by atomic mass is 10.1. The highest BCUT2D eigenvalue weighted by molar-refractivity contribution is 5.95. The predicted octanol–water partition coefficient (Wildman–Crippen LogP) is 2.05. The third-order valence-corrected chi connectivity index (χ3v) is 2.65. The predicted molar refractivity (Wildman–Crippen MR) is 70.8 cm³/mol. The Hall–Kier alpha value is -2.74. The van der Waals surface area contributed by atoms with Crippen LogP contribution in [-0.4, -0.2) is 36.4 Å². The van der Waals surface area contributed by atoms with Crippen molar-refractivity contribution in [1.29, 1.82) is 0 Å². The Morgan fingerprint density at radius 1 is 1.33 bits per heavy atom. The van der Waals surface area contributed by atoms with Gasteiger partial charge in [0.2, 0.25) is 0 Å². The third kappa shape index (κ3) is 3.42. The minimum atomic E-state index is -0.596. The molecule has 0 aliphatic carbocycles. The van der Waals surface area contributed by atoms with E-state index in [0.29, 0.717) is 5.56 Å². The highest BCUT2D eigenvalue weighted by Gasteiger charge is 2.19. The Morgan fingerprint density at radius 3 is 2.67 bits per heavy atom. The van der Waals surface area contributed by atoms with Gasteiger partial charge in [-0.25, -0.2) is 4.79 Å². The van der Waals surface area contributed by atoms with Crippen molar-refractivity contribution in [2.75, 3.05) is 20.3 Å². The van der Waals surface area contributed by atoms with E-state index in [2.05, 4.69) is 5.16 Å². The quantitative estimate of drug-likeness (QED) is 0.347. The summed E-state index contributed by atoms with van der Waals surface area (Å²) in [4.78, 5) is 22.0. The number of nitro benzene ring substituents is 1. The maximum atomic E-state index is 11.9. The Kier molecular flexibility index (Phi) is 4.62. The summed E-state index contributed by atoms with van der Waals surface area (Å²) < 4.78 is 14.8. The first-order valence-electron chi connectivity index (χ1n) is 5.99. The summed E-state index contributed by atoms with van der Waals surface area (Å²) in [5.41, 5.74) is 0.597. The summed E-state index contributed by atoms with van der Waals surface area (Å²) in [5.74, 6) is -0.394. The maximum Gasteiger partial charge on any atom is 0.343 e. The molecule has 1 aromatic heterocycles. The SMILES string of the molecule is COCCOC(=O)c1cnoc1-c1ccc([N+](=O)[O-])cc1. The molecule has 0 fully saturated rings. The smallest absolute Gasteiger partial charge is 0.343 e. The number of rotatable bonds is 6. The molecule has 0 N–H and O–H groups in total. The van der Waals surface area contributed by atoms with E-state index >= 15 is 0 Å². The Balaban J connectivity index is 2.19. The number of hydrogen-bond acceptors (Lipinski definition) is 7. The average molecular weight is 292 g/mol. The van der Waals surface area contributed by atoms with E-state index in [9.17, 15) is 14.9 Å². The molecule has 2 rings (SSSR count). The summed E-state index contributed by atoms with van der Waals surface area (Å²) >= 11 is 0. The van der Waals surface area contributed by atoms with Crippen molar-refractivity contribution >= 4 is 11.7 Å². The molecule has 1 aromatic carbocycles. The van der Waals surface area contributed by atoms with Gasteiger partial charge in [-0.3, -0.25) is 10.1 Å². The van der Waals surface area contributed by atoms with E-state index in [1.54, 1.807) is 0 Å². The standard InChI is InChI=1S/C13H12N2O6/c1-19-6-7-20-13(16)11-8-14-21-12(11)9-2-4-10(5-3-9)15(17)18/h2-5,8H,6-7H2,1H3. The summed E-state index contributed by atoms with van der Waals surface area (Å²) in [6.45, 7) is 0.393. The second kappa shape index (κ2) is 6.62. The molecular formula is C13H12N2O6. The van der Waals surface area contributed by atoms with Crippen LogP contribution in [0.2, 0.25) is 0 Å². The number of nitro groups is 1. The topological polar surface area (TPSA) is 105 Å². The summed E-state index contributed by atoms with van der Waals surface area (Å²) in [6, 6.07) is 5.59. The van der Waals surface area contributed by atoms with Crippen LogP contribution < -0.4 is 0 Å². The molecular weight excluding hydrogens is 280 g/mol. The zero-order chi connectivity index (χ0) is 15.2. The Morgan fingerprint density at radius 2 is 2.05 bits per heavy atom. The van der Waals surface area contributed by atoms with Crippen LogP contribution in [0.5, 0.6) is 0 Å². The summed E-state index contributed by atoms with van der Waals surface area (Å²) in [5, 5.41) is 14.2. The number of methoxy groups -OCH3 is 1. The molecule has 0 saturated carbocycles. The van der Waals surface area contributed by atoms with Gasteiger partial charge >= 0.3 is 5.97 Å². The highest BCUT2D eigenvalue weighted by atomic mass is 16.6. The van der Waals surface area contributed by atoms with Crippen molar-refractivity contribution in [1.82, 2.24) is 5.16 Å². The molecule has 0 atom stereocenters. The van der Waals surface area contributed by atoms with Crippen molar-refractivity contribution in [2.45, 2.75) is 0 Å². The first kappa shape index (κ1) is 14.7. The van der Waals surface area contributed by atoms with Crippen LogP contribution in [0, 0.1) is 10.1 Å². The van der Waals surface area contributed by atoms with Crippen LogP contribution >= 0.6 is 0 Å². The fraction of sp³-hybridized carbons (Fsp3) is 0.231. The number of non-ortho nitro benzene ring substituents is 1. The Labute approximate surface area is 119 Å². The van der Waals surface area contributed by atoms with E-state index in [0.717, 1.165) is 0 Å². The molecule has 0 unspecified atom stereocenters. The molecule has 0 bridgehead atoms. The van der Waals surface area contributed by atoms with Crippen LogP contribution in [0.3, 0.4) is 0 Å². The van der Waals surface area contributed by atoms with Crippen molar-refractivity contribution < 1.29 is 23.7 Å². The van der Waals surface area contributed by atoms with E-state index < -0.39 is 10.9 Å². The minimum Gasteiger partial charge on any atom is -0.459 e. The van der Waals surface area contributed by atoms with Crippen LogP contribution in [-0.2, 0) is 9.47 Å². The normalized spacial score (nSPS) is 10.3. The number of esters is 1. The second-order valence-corrected chi connectivity index (χ2v) is 4.00. The van der Waals surface area contributed by atoms with Crippen LogP contribution in [0.1, 0.15) is 10.4 Å². The lowest BCUT2D eigenvalue weighted by Crippen LogP contribution is -2.10. The zero-order valence-electron chi connectivity index (χ0n) is 11.1. The third-order valence-electron chi connectivity index (χ3n) is 2.65. The van der Waals surface area contributed by atoms with E-state index in [-0.39, 0.29) is 30.2 Å². The molecule has 0 amide bonds. The summed E-state index contributed by atoms with van der Waals surface area (Å²) in [6.07, 6.45) is 1.24. The van der Waals surface area contributed by atoms with Gasteiger partial charge in [0.1, 0.15) is 12.2 Å². The number of ether oxygens (including phenoxy) is 2. The molecule has 21 heavy (non-hydrogen) atoms. The zero-order valence-corrected chi connectivity index (χ0v) is 11.1. The summed E-state index contributed by atoms with van der Waals surface area (Å²) in [7, 11) is 1.50. The minimum absolute atomic E-state index is 0.0533. The van der Waals surface area contributed by atoms with Gasteiger partial charge in [-0.05, 0) is 12.1 Å². The van der Waals surface area contributed by atoms with Crippen LogP contribution in [0.25, 0.3) is 11.3 Å². The largest absolute Gasteiger partial charge is 0.459 e. The fourth-order valence-corrected chi connectivity index (χ4v) is 1.62.